The number of benzene rings is 2. The maximum absolute atomic E-state index is 13.6. The third kappa shape index (κ3) is 3.99. The van der Waals surface area contributed by atoms with Gasteiger partial charge in [0.15, 0.2) is 5.16 Å². The van der Waals surface area contributed by atoms with Crippen LogP contribution in [0.15, 0.2) is 76.8 Å². The Kier molecular flexibility index (Phi) is 5.63. The number of fused-ring (bicyclic) bond motifs is 3. The first-order valence-electron chi connectivity index (χ1n) is 9.90. The molecule has 2 aromatic carbocycles. The van der Waals surface area contributed by atoms with Gasteiger partial charge in [0, 0.05) is 17.3 Å². The molecule has 5 aromatic rings. The number of halogens is 1. The van der Waals surface area contributed by atoms with Crippen LogP contribution in [0.2, 0.25) is 0 Å². The maximum atomic E-state index is 13.6. The average molecular weight is 464 g/mol. The molecule has 3 heterocycles. The Balaban J connectivity index is 1.61. The zero-order valence-corrected chi connectivity index (χ0v) is 18.8. The molecule has 0 spiro atoms. The molecular formula is C24H18FN3O2S2. The zero-order chi connectivity index (χ0) is 22.1. The van der Waals surface area contributed by atoms with Gasteiger partial charge in [0.25, 0.3) is 5.56 Å². The van der Waals surface area contributed by atoms with Crippen LogP contribution in [-0.2, 0) is 12.3 Å². The molecule has 0 fully saturated rings. The summed E-state index contributed by atoms with van der Waals surface area (Å²) in [4.78, 5) is 23.6. The highest BCUT2D eigenvalue weighted by atomic mass is 32.2. The summed E-state index contributed by atoms with van der Waals surface area (Å²) in [6.07, 6.45) is 1.72. The van der Waals surface area contributed by atoms with E-state index in [9.17, 15) is 9.18 Å². The molecule has 0 saturated heterocycles. The van der Waals surface area contributed by atoms with E-state index in [-0.39, 0.29) is 11.4 Å². The number of hydrogen-bond acceptors (Lipinski definition) is 6. The molecule has 160 valence electrons. The second-order valence-corrected chi connectivity index (χ2v) is 9.13. The van der Waals surface area contributed by atoms with Crippen LogP contribution in [0.1, 0.15) is 11.1 Å². The average Bonchev–Trinajstić information content (AvgIpc) is 3.19. The predicted molar refractivity (Wildman–Crippen MR) is 127 cm³/mol. The molecule has 0 saturated carbocycles. The van der Waals surface area contributed by atoms with Crippen molar-refractivity contribution in [3.8, 4) is 5.75 Å². The molecule has 5 nitrogen and oxygen atoms in total. The number of hydrogen-bond donors (Lipinski definition) is 0. The lowest BCUT2D eigenvalue weighted by Crippen LogP contribution is -2.23. The van der Waals surface area contributed by atoms with Crippen LogP contribution in [-0.4, -0.2) is 21.6 Å². The van der Waals surface area contributed by atoms with E-state index in [0.717, 1.165) is 27.1 Å². The molecule has 5 rings (SSSR count). The Morgan fingerprint density at radius 2 is 1.94 bits per heavy atom. The normalized spacial score (nSPS) is 11.3. The number of aromatic nitrogens is 3. The zero-order valence-electron chi connectivity index (χ0n) is 17.1. The number of thiophene rings is 1. The molecular weight excluding hydrogens is 445 g/mol. The highest BCUT2D eigenvalue weighted by Crippen LogP contribution is 2.31. The minimum absolute atomic E-state index is 0.101. The van der Waals surface area contributed by atoms with Gasteiger partial charge in [0.1, 0.15) is 21.1 Å². The van der Waals surface area contributed by atoms with Crippen molar-refractivity contribution in [2.24, 2.45) is 0 Å². The molecule has 0 unspecified atom stereocenters. The largest absolute Gasteiger partial charge is 0.497 e. The van der Waals surface area contributed by atoms with E-state index in [4.69, 9.17) is 9.72 Å². The van der Waals surface area contributed by atoms with Gasteiger partial charge >= 0.3 is 0 Å². The molecule has 0 aliphatic carbocycles. The summed E-state index contributed by atoms with van der Waals surface area (Å²) >= 11 is 2.78. The fraction of sp³-hybridized carbons (Fsp3) is 0.125. The van der Waals surface area contributed by atoms with Crippen LogP contribution in [0, 0.1) is 5.82 Å². The summed E-state index contributed by atoms with van der Waals surface area (Å²) in [6, 6.07) is 17.9. The summed E-state index contributed by atoms with van der Waals surface area (Å²) in [5.74, 6) is 0.974. The van der Waals surface area contributed by atoms with Crippen molar-refractivity contribution in [3.63, 3.8) is 0 Å². The van der Waals surface area contributed by atoms with Crippen molar-refractivity contribution in [1.82, 2.24) is 14.5 Å². The van der Waals surface area contributed by atoms with Crippen LogP contribution in [0.25, 0.3) is 20.4 Å². The summed E-state index contributed by atoms with van der Waals surface area (Å²) in [5, 5.41) is 1.46. The Hall–Kier alpha value is -3.23. The number of thioether (sulfide) groups is 1. The molecule has 0 N–H and O–H groups in total. The minimum Gasteiger partial charge on any atom is -0.497 e. The number of nitrogens with zero attached hydrogens (tertiary/aromatic N) is 3. The standard InChI is InChI=1S/C24H18FN3O2S2/c1-30-18-9-7-15(8-10-18)13-28-23(29)21-20(19-6-3-11-26-22(19)32-21)27-24(28)31-14-16-4-2-5-17(25)12-16/h2-12H,13-14H2,1H3. The van der Waals surface area contributed by atoms with Gasteiger partial charge < -0.3 is 4.74 Å². The third-order valence-electron chi connectivity index (χ3n) is 5.07. The molecule has 0 atom stereocenters. The molecule has 0 aliphatic rings. The Bertz CT molecular complexity index is 1480. The summed E-state index contributed by atoms with van der Waals surface area (Å²) in [5.41, 5.74) is 2.35. The quantitative estimate of drug-likeness (QED) is 0.246. The molecule has 0 amide bonds. The number of methoxy groups -OCH3 is 1. The Labute approximate surface area is 191 Å². The first-order valence-corrected chi connectivity index (χ1v) is 11.7. The highest BCUT2D eigenvalue weighted by molar-refractivity contribution is 7.98. The van der Waals surface area contributed by atoms with Gasteiger partial charge in [-0.25, -0.2) is 14.4 Å². The monoisotopic (exact) mass is 463 g/mol. The number of rotatable bonds is 6. The molecule has 8 heteroatoms. The fourth-order valence-corrected chi connectivity index (χ4v) is 5.44. The minimum atomic E-state index is -0.281. The van der Waals surface area contributed by atoms with Crippen LogP contribution in [0.5, 0.6) is 5.75 Å². The Morgan fingerprint density at radius 3 is 2.72 bits per heavy atom. The van der Waals surface area contributed by atoms with Crippen molar-refractivity contribution in [3.05, 3.63) is 94.2 Å². The van der Waals surface area contributed by atoms with E-state index in [2.05, 4.69) is 4.98 Å². The Morgan fingerprint density at radius 1 is 1.09 bits per heavy atom. The van der Waals surface area contributed by atoms with E-state index < -0.39 is 0 Å². The van der Waals surface area contributed by atoms with Gasteiger partial charge in [0.05, 0.1) is 19.2 Å². The van der Waals surface area contributed by atoms with Crippen molar-refractivity contribution in [2.45, 2.75) is 17.5 Å². The molecule has 32 heavy (non-hydrogen) atoms. The lowest BCUT2D eigenvalue weighted by molar-refractivity contribution is 0.414. The van der Waals surface area contributed by atoms with E-state index in [1.54, 1.807) is 23.9 Å². The summed E-state index contributed by atoms with van der Waals surface area (Å²) in [7, 11) is 1.62. The highest BCUT2D eigenvalue weighted by Gasteiger charge is 2.17. The van der Waals surface area contributed by atoms with E-state index >= 15 is 0 Å². The summed E-state index contributed by atoms with van der Waals surface area (Å²) < 4.78 is 21.1. The molecule has 0 radical (unpaired) electrons. The van der Waals surface area contributed by atoms with Crippen molar-refractivity contribution >= 4 is 43.5 Å². The SMILES string of the molecule is COc1ccc(Cn2c(SCc3cccc(F)c3)nc3c(sc4ncccc43)c2=O)cc1. The van der Waals surface area contributed by atoms with Gasteiger partial charge in [-0.2, -0.15) is 0 Å². The van der Waals surface area contributed by atoms with Gasteiger partial charge in [-0.1, -0.05) is 36.0 Å². The van der Waals surface area contributed by atoms with Gasteiger partial charge in [-0.3, -0.25) is 9.36 Å². The van der Waals surface area contributed by atoms with E-state index in [0.29, 0.717) is 27.7 Å². The smallest absolute Gasteiger partial charge is 0.272 e. The van der Waals surface area contributed by atoms with Crippen LogP contribution < -0.4 is 10.3 Å². The van der Waals surface area contributed by atoms with Crippen molar-refractivity contribution in [2.75, 3.05) is 7.11 Å². The van der Waals surface area contributed by atoms with Crippen molar-refractivity contribution in [1.29, 1.82) is 0 Å². The van der Waals surface area contributed by atoms with E-state index in [1.807, 2.05) is 42.5 Å². The first-order chi connectivity index (χ1) is 15.6. The maximum Gasteiger partial charge on any atom is 0.272 e. The third-order valence-corrected chi connectivity index (χ3v) is 7.21. The predicted octanol–water partition coefficient (Wildman–Crippen LogP) is 5.49. The van der Waals surface area contributed by atoms with Gasteiger partial charge in [-0.05, 0) is 47.5 Å². The van der Waals surface area contributed by atoms with E-state index in [1.165, 1.54) is 35.2 Å². The second-order valence-electron chi connectivity index (χ2n) is 7.19. The number of pyridine rings is 1. The lowest BCUT2D eigenvalue weighted by atomic mass is 10.2. The number of ether oxygens (including phenoxy) is 1. The second kappa shape index (κ2) is 8.72. The van der Waals surface area contributed by atoms with Crippen LogP contribution in [0.3, 0.4) is 0 Å². The molecule has 0 aliphatic heterocycles. The fourth-order valence-electron chi connectivity index (χ4n) is 3.48. The summed E-state index contributed by atoms with van der Waals surface area (Å²) in [6.45, 7) is 0.374. The van der Waals surface area contributed by atoms with Gasteiger partial charge in [-0.15, -0.1) is 11.3 Å². The lowest BCUT2D eigenvalue weighted by Gasteiger charge is -2.13. The first kappa shape index (κ1) is 20.7. The van der Waals surface area contributed by atoms with Crippen LogP contribution >= 0.6 is 23.1 Å². The van der Waals surface area contributed by atoms with Gasteiger partial charge in [0.2, 0.25) is 0 Å². The van der Waals surface area contributed by atoms with Crippen LogP contribution in [0.4, 0.5) is 4.39 Å². The topological polar surface area (TPSA) is 57.0 Å². The van der Waals surface area contributed by atoms with Crippen molar-refractivity contribution < 1.29 is 9.13 Å². The molecule has 3 aromatic heterocycles. The molecule has 0 bridgehead atoms.